The molecule has 1 aromatic rings. The molecule has 4 rings (SSSR count). The molecule has 1 aromatic carbocycles. The number of fused-ring (bicyclic) bond motifs is 1. The van der Waals surface area contributed by atoms with E-state index in [1.165, 1.54) is 5.56 Å². The van der Waals surface area contributed by atoms with Gasteiger partial charge in [0.05, 0.1) is 11.6 Å². The second kappa shape index (κ2) is 6.12. The molecule has 3 unspecified atom stereocenters. The van der Waals surface area contributed by atoms with Crippen molar-refractivity contribution < 1.29 is 14.6 Å². The highest BCUT2D eigenvalue weighted by molar-refractivity contribution is 6.26. The molecule has 1 aliphatic carbocycles. The van der Waals surface area contributed by atoms with Crippen LogP contribution in [0.25, 0.3) is 5.57 Å². The lowest BCUT2D eigenvalue weighted by molar-refractivity contribution is -0.120. The fourth-order valence-corrected chi connectivity index (χ4v) is 5.40. The Kier molecular flexibility index (Phi) is 4.14. The molecule has 3 aliphatic rings. The summed E-state index contributed by atoms with van der Waals surface area (Å²) in [5.41, 5.74) is 4.31. The highest BCUT2D eigenvalue weighted by Crippen LogP contribution is 2.62. The van der Waals surface area contributed by atoms with Crippen LogP contribution in [-0.2, 0) is 9.53 Å². The minimum absolute atomic E-state index is 0.0117. The molecule has 3 atom stereocenters. The number of rotatable bonds is 5. The van der Waals surface area contributed by atoms with Gasteiger partial charge >= 0.3 is 0 Å². The lowest BCUT2D eigenvalue weighted by Crippen LogP contribution is -2.30. The number of carbonyl (C=O) groups is 1. The number of ether oxygens (including phenoxy) is 1. The number of aliphatic hydroxyl groups excluding tert-OH is 1. The van der Waals surface area contributed by atoms with Crippen molar-refractivity contribution in [3.8, 4) is 0 Å². The molecule has 26 heavy (non-hydrogen) atoms. The average molecular weight is 355 g/mol. The average Bonchev–Trinajstić information content (AvgIpc) is 3.21. The molecule has 2 heterocycles. The Bertz CT molecular complexity index is 774. The SMILES string of the molecule is CCCOCC1CCC2N3C(=O)C(c4c(C)cc(C)cc4C)=C(O)C23C1. The third kappa shape index (κ3) is 2.34. The zero-order valence-electron chi connectivity index (χ0n) is 16.3. The van der Waals surface area contributed by atoms with Gasteiger partial charge in [-0.3, -0.25) is 4.79 Å². The first-order valence-electron chi connectivity index (χ1n) is 9.85. The van der Waals surface area contributed by atoms with Gasteiger partial charge in [0.25, 0.3) is 5.91 Å². The molecule has 2 aliphatic heterocycles. The highest BCUT2D eigenvalue weighted by Gasteiger charge is 2.74. The number of carbonyl (C=O) groups excluding carboxylic acids is 1. The lowest BCUT2D eigenvalue weighted by atomic mass is 9.79. The Balaban J connectivity index is 1.67. The van der Waals surface area contributed by atoms with E-state index in [1.54, 1.807) is 0 Å². The maximum atomic E-state index is 13.2. The van der Waals surface area contributed by atoms with Gasteiger partial charge in [0.2, 0.25) is 0 Å². The van der Waals surface area contributed by atoms with Crippen molar-refractivity contribution in [1.29, 1.82) is 0 Å². The monoisotopic (exact) mass is 355 g/mol. The molecule has 1 amide bonds. The van der Waals surface area contributed by atoms with E-state index in [9.17, 15) is 9.90 Å². The molecule has 1 saturated heterocycles. The zero-order valence-corrected chi connectivity index (χ0v) is 16.3. The highest BCUT2D eigenvalue weighted by atomic mass is 16.5. The number of hydrogen-bond donors (Lipinski definition) is 1. The second-order valence-electron chi connectivity index (χ2n) is 8.33. The minimum Gasteiger partial charge on any atom is -0.509 e. The summed E-state index contributed by atoms with van der Waals surface area (Å²) in [7, 11) is 0. The topological polar surface area (TPSA) is 49.5 Å². The van der Waals surface area contributed by atoms with Crippen LogP contribution in [0.1, 0.15) is 54.9 Å². The largest absolute Gasteiger partial charge is 0.509 e. The fourth-order valence-electron chi connectivity index (χ4n) is 5.40. The summed E-state index contributed by atoms with van der Waals surface area (Å²) < 4.78 is 5.76. The van der Waals surface area contributed by atoms with Crippen LogP contribution >= 0.6 is 0 Å². The number of benzene rings is 1. The van der Waals surface area contributed by atoms with Crippen molar-refractivity contribution >= 4 is 11.5 Å². The predicted octanol–water partition coefficient (Wildman–Crippen LogP) is 4.07. The number of aryl methyl sites for hydroxylation is 3. The van der Waals surface area contributed by atoms with E-state index in [0.29, 0.717) is 17.3 Å². The van der Waals surface area contributed by atoms with Crippen LogP contribution in [-0.4, -0.2) is 40.7 Å². The van der Waals surface area contributed by atoms with E-state index in [1.807, 2.05) is 18.7 Å². The van der Waals surface area contributed by atoms with Gasteiger partial charge in [0.15, 0.2) is 0 Å². The molecule has 2 fully saturated rings. The van der Waals surface area contributed by atoms with Crippen molar-refractivity contribution in [1.82, 2.24) is 4.90 Å². The summed E-state index contributed by atoms with van der Waals surface area (Å²) in [6.07, 6.45) is 3.89. The van der Waals surface area contributed by atoms with E-state index in [2.05, 4.69) is 26.0 Å². The Labute approximate surface area is 155 Å². The smallest absolute Gasteiger partial charge is 0.259 e. The standard InChI is InChI=1S/C22H29NO3/c1-5-8-26-12-16-6-7-17-22(11-16)20(24)19(21(25)23(17)22)18-14(3)9-13(2)10-15(18)4/h9-10,16-17,24H,5-8,11-12H2,1-4H3. The van der Waals surface area contributed by atoms with Gasteiger partial charge in [-0.25, -0.2) is 0 Å². The molecule has 4 nitrogen and oxygen atoms in total. The van der Waals surface area contributed by atoms with Crippen LogP contribution in [0.15, 0.2) is 17.9 Å². The van der Waals surface area contributed by atoms with Crippen LogP contribution in [0, 0.1) is 26.7 Å². The van der Waals surface area contributed by atoms with Gasteiger partial charge in [-0.05, 0) is 69.1 Å². The Morgan fingerprint density at radius 3 is 2.58 bits per heavy atom. The third-order valence-corrected chi connectivity index (χ3v) is 6.38. The molecular formula is C22H29NO3. The first kappa shape index (κ1) is 17.6. The van der Waals surface area contributed by atoms with Gasteiger partial charge < -0.3 is 14.7 Å². The summed E-state index contributed by atoms with van der Waals surface area (Å²) in [5, 5.41) is 11.2. The van der Waals surface area contributed by atoms with E-state index >= 15 is 0 Å². The van der Waals surface area contributed by atoms with Crippen LogP contribution in [0.5, 0.6) is 0 Å². The van der Waals surface area contributed by atoms with Crippen LogP contribution in [0.2, 0.25) is 0 Å². The third-order valence-electron chi connectivity index (χ3n) is 6.38. The number of nitrogens with zero attached hydrogens (tertiary/aromatic N) is 1. The van der Waals surface area contributed by atoms with Crippen LogP contribution < -0.4 is 0 Å². The zero-order chi connectivity index (χ0) is 18.6. The van der Waals surface area contributed by atoms with Crippen molar-refractivity contribution in [3.05, 3.63) is 40.1 Å². The summed E-state index contributed by atoms with van der Waals surface area (Å²) in [6.45, 7) is 9.74. The second-order valence-corrected chi connectivity index (χ2v) is 8.33. The molecule has 1 spiro atoms. The summed E-state index contributed by atoms with van der Waals surface area (Å²) in [6, 6.07) is 4.37. The quantitative estimate of drug-likeness (QED) is 0.640. The van der Waals surface area contributed by atoms with Gasteiger partial charge in [-0.15, -0.1) is 0 Å². The van der Waals surface area contributed by atoms with Crippen molar-refractivity contribution in [2.24, 2.45) is 5.92 Å². The van der Waals surface area contributed by atoms with Crippen LogP contribution in [0.3, 0.4) is 0 Å². The van der Waals surface area contributed by atoms with Gasteiger partial charge in [-0.1, -0.05) is 24.6 Å². The van der Waals surface area contributed by atoms with E-state index < -0.39 is 5.54 Å². The van der Waals surface area contributed by atoms with Crippen molar-refractivity contribution in [2.75, 3.05) is 13.2 Å². The Morgan fingerprint density at radius 2 is 1.92 bits per heavy atom. The molecule has 4 heteroatoms. The fraction of sp³-hybridized carbons (Fsp3) is 0.591. The maximum Gasteiger partial charge on any atom is 0.259 e. The Morgan fingerprint density at radius 1 is 1.23 bits per heavy atom. The maximum absolute atomic E-state index is 13.2. The molecular weight excluding hydrogens is 326 g/mol. The minimum atomic E-state index is -0.450. The lowest BCUT2D eigenvalue weighted by Gasteiger charge is -2.26. The van der Waals surface area contributed by atoms with Gasteiger partial charge in [-0.2, -0.15) is 0 Å². The van der Waals surface area contributed by atoms with E-state index in [4.69, 9.17) is 4.74 Å². The molecule has 0 radical (unpaired) electrons. The predicted molar refractivity (Wildman–Crippen MR) is 102 cm³/mol. The first-order valence-corrected chi connectivity index (χ1v) is 9.85. The normalized spacial score (nSPS) is 29.8. The molecule has 1 N–H and O–H groups in total. The van der Waals surface area contributed by atoms with Gasteiger partial charge in [0, 0.05) is 13.2 Å². The van der Waals surface area contributed by atoms with Crippen molar-refractivity contribution in [3.63, 3.8) is 0 Å². The van der Waals surface area contributed by atoms with Gasteiger partial charge in [0.1, 0.15) is 11.3 Å². The summed E-state index contributed by atoms with van der Waals surface area (Å²) in [5.74, 6) is 0.734. The summed E-state index contributed by atoms with van der Waals surface area (Å²) >= 11 is 0. The number of amides is 1. The number of aliphatic hydroxyl groups is 1. The first-order chi connectivity index (χ1) is 12.4. The molecule has 140 valence electrons. The molecule has 1 saturated carbocycles. The van der Waals surface area contributed by atoms with E-state index in [-0.39, 0.29) is 11.9 Å². The van der Waals surface area contributed by atoms with Crippen LogP contribution in [0.4, 0.5) is 0 Å². The molecule has 0 aromatic heterocycles. The van der Waals surface area contributed by atoms with Crippen molar-refractivity contribution in [2.45, 2.75) is 65.0 Å². The van der Waals surface area contributed by atoms with E-state index in [0.717, 1.165) is 55.6 Å². The number of hydrogen-bond acceptors (Lipinski definition) is 3. The molecule has 0 bridgehead atoms. The summed E-state index contributed by atoms with van der Waals surface area (Å²) in [4.78, 5) is 15.1. The Hall–Kier alpha value is -1.81.